The molecule has 6 nitrogen and oxygen atoms in total. The topological polar surface area (TPSA) is 67.9 Å². The minimum absolute atomic E-state index is 0.0674. The standard InChI is InChI=1S/C15H20N2O4/c1-11(18)16-12-3-5-13(6-4-12)17(15(19)20-2)14-7-9-21-10-8-14/h3-6,14H,7-10H2,1-2H3,(H,16,18). The molecule has 1 aliphatic heterocycles. The molecule has 1 aromatic carbocycles. The van der Waals surface area contributed by atoms with E-state index in [9.17, 15) is 9.59 Å². The van der Waals surface area contributed by atoms with Gasteiger partial charge < -0.3 is 14.8 Å². The Morgan fingerprint density at radius 1 is 1.24 bits per heavy atom. The summed E-state index contributed by atoms with van der Waals surface area (Å²) in [4.78, 5) is 24.7. The van der Waals surface area contributed by atoms with Gasteiger partial charge in [0.1, 0.15) is 0 Å². The molecular formula is C15H20N2O4. The van der Waals surface area contributed by atoms with Crippen molar-refractivity contribution < 1.29 is 19.1 Å². The van der Waals surface area contributed by atoms with Crippen molar-refractivity contribution in [1.29, 1.82) is 0 Å². The van der Waals surface area contributed by atoms with Crippen LogP contribution in [0.4, 0.5) is 16.2 Å². The van der Waals surface area contributed by atoms with Crippen molar-refractivity contribution >= 4 is 23.4 Å². The molecule has 1 fully saturated rings. The maximum absolute atomic E-state index is 12.1. The minimum Gasteiger partial charge on any atom is -0.452 e. The molecule has 0 aliphatic carbocycles. The van der Waals surface area contributed by atoms with E-state index in [0.717, 1.165) is 18.5 Å². The van der Waals surface area contributed by atoms with Crippen LogP contribution in [0.25, 0.3) is 0 Å². The molecule has 0 spiro atoms. The van der Waals surface area contributed by atoms with Gasteiger partial charge in [-0.2, -0.15) is 0 Å². The Morgan fingerprint density at radius 2 is 1.86 bits per heavy atom. The van der Waals surface area contributed by atoms with Crippen LogP contribution >= 0.6 is 0 Å². The van der Waals surface area contributed by atoms with Gasteiger partial charge in [0, 0.05) is 37.6 Å². The quantitative estimate of drug-likeness (QED) is 0.929. The molecular weight excluding hydrogens is 272 g/mol. The normalized spacial score (nSPS) is 15.3. The van der Waals surface area contributed by atoms with Crippen molar-refractivity contribution in [3.8, 4) is 0 Å². The van der Waals surface area contributed by atoms with Gasteiger partial charge in [0.15, 0.2) is 0 Å². The summed E-state index contributed by atoms with van der Waals surface area (Å²) < 4.78 is 10.2. The van der Waals surface area contributed by atoms with Crippen LogP contribution in [-0.2, 0) is 14.3 Å². The van der Waals surface area contributed by atoms with Crippen LogP contribution in [0.15, 0.2) is 24.3 Å². The van der Waals surface area contributed by atoms with E-state index in [1.54, 1.807) is 29.2 Å². The zero-order chi connectivity index (χ0) is 15.2. The van der Waals surface area contributed by atoms with Gasteiger partial charge in [0.2, 0.25) is 5.91 Å². The Morgan fingerprint density at radius 3 is 2.38 bits per heavy atom. The van der Waals surface area contributed by atoms with Crippen LogP contribution in [0.1, 0.15) is 19.8 Å². The summed E-state index contributed by atoms with van der Waals surface area (Å²) in [6.07, 6.45) is 1.18. The van der Waals surface area contributed by atoms with E-state index in [4.69, 9.17) is 9.47 Å². The fraction of sp³-hybridized carbons (Fsp3) is 0.467. The van der Waals surface area contributed by atoms with Crippen molar-refractivity contribution in [2.75, 3.05) is 30.5 Å². The number of amides is 2. The Labute approximate surface area is 124 Å². The molecule has 1 saturated heterocycles. The molecule has 21 heavy (non-hydrogen) atoms. The number of methoxy groups -OCH3 is 1. The van der Waals surface area contributed by atoms with Crippen molar-refractivity contribution in [1.82, 2.24) is 0 Å². The summed E-state index contributed by atoms with van der Waals surface area (Å²) in [5, 5.41) is 2.70. The summed E-state index contributed by atoms with van der Waals surface area (Å²) in [6, 6.07) is 7.21. The minimum atomic E-state index is -0.380. The average Bonchev–Trinajstić information content (AvgIpc) is 2.49. The van der Waals surface area contributed by atoms with E-state index in [-0.39, 0.29) is 18.0 Å². The van der Waals surface area contributed by atoms with E-state index in [0.29, 0.717) is 18.9 Å². The fourth-order valence-electron chi connectivity index (χ4n) is 2.42. The zero-order valence-corrected chi connectivity index (χ0v) is 12.3. The lowest BCUT2D eigenvalue weighted by Gasteiger charge is -2.33. The number of hydrogen-bond donors (Lipinski definition) is 1. The van der Waals surface area contributed by atoms with Crippen molar-refractivity contribution in [2.45, 2.75) is 25.8 Å². The van der Waals surface area contributed by atoms with Crippen LogP contribution in [0.5, 0.6) is 0 Å². The second-order valence-electron chi connectivity index (χ2n) is 4.91. The van der Waals surface area contributed by atoms with Gasteiger partial charge in [-0.05, 0) is 37.1 Å². The Hall–Kier alpha value is -2.08. The Balaban J connectivity index is 2.19. The second-order valence-corrected chi connectivity index (χ2v) is 4.91. The number of nitrogens with one attached hydrogen (secondary N) is 1. The first kappa shape index (κ1) is 15.3. The summed E-state index contributed by atoms with van der Waals surface area (Å²) in [5.74, 6) is -0.128. The molecule has 114 valence electrons. The number of carbonyl (C=O) groups is 2. The lowest BCUT2D eigenvalue weighted by Crippen LogP contribution is -2.43. The Bertz CT molecular complexity index is 495. The molecule has 1 heterocycles. The molecule has 1 N–H and O–H groups in total. The third kappa shape index (κ3) is 3.95. The van der Waals surface area contributed by atoms with E-state index >= 15 is 0 Å². The molecule has 0 bridgehead atoms. The van der Waals surface area contributed by atoms with Crippen molar-refractivity contribution in [3.05, 3.63) is 24.3 Å². The number of hydrogen-bond acceptors (Lipinski definition) is 4. The molecule has 6 heteroatoms. The van der Waals surface area contributed by atoms with Gasteiger partial charge in [-0.1, -0.05) is 0 Å². The first-order chi connectivity index (χ1) is 10.1. The number of nitrogens with zero attached hydrogens (tertiary/aromatic N) is 1. The second kappa shape index (κ2) is 7.08. The summed E-state index contributed by atoms with van der Waals surface area (Å²) in [5.41, 5.74) is 1.45. The van der Waals surface area contributed by atoms with Gasteiger partial charge in [-0.3, -0.25) is 9.69 Å². The fourth-order valence-corrected chi connectivity index (χ4v) is 2.42. The molecule has 0 radical (unpaired) electrons. The van der Waals surface area contributed by atoms with Crippen LogP contribution in [0.3, 0.4) is 0 Å². The number of anilines is 2. The largest absolute Gasteiger partial charge is 0.452 e. The smallest absolute Gasteiger partial charge is 0.414 e. The molecule has 2 rings (SSSR count). The molecule has 1 aliphatic rings. The lowest BCUT2D eigenvalue weighted by molar-refractivity contribution is -0.114. The molecule has 0 atom stereocenters. The maximum atomic E-state index is 12.1. The predicted molar refractivity (Wildman–Crippen MR) is 79.5 cm³/mol. The predicted octanol–water partition coefficient (Wildman–Crippen LogP) is 2.40. The molecule has 1 aromatic rings. The van der Waals surface area contributed by atoms with Crippen molar-refractivity contribution in [3.63, 3.8) is 0 Å². The van der Waals surface area contributed by atoms with Gasteiger partial charge in [-0.15, -0.1) is 0 Å². The highest BCUT2D eigenvalue weighted by atomic mass is 16.5. The number of carbonyl (C=O) groups excluding carboxylic acids is 2. The monoisotopic (exact) mass is 292 g/mol. The molecule has 0 unspecified atom stereocenters. The Kier molecular flexibility index (Phi) is 5.16. The van der Waals surface area contributed by atoms with Gasteiger partial charge in [0.05, 0.1) is 7.11 Å². The zero-order valence-electron chi connectivity index (χ0n) is 12.3. The summed E-state index contributed by atoms with van der Waals surface area (Å²) in [7, 11) is 1.38. The third-order valence-electron chi connectivity index (χ3n) is 3.39. The third-order valence-corrected chi connectivity index (χ3v) is 3.39. The number of benzene rings is 1. The number of rotatable bonds is 3. The number of ether oxygens (including phenoxy) is 2. The van der Waals surface area contributed by atoms with Gasteiger partial charge in [0.25, 0.3) is 0 Å². The van der Waals surface area contributed by atoms with Crippen LogP contribution in [-0.4, -0.2) is 38.4 Å². The summed E-state index contributed by atoms with van der Waals surface area (Å²) >= 11 is 0. The lowest BCUT2D eigenvalue weighted by atomic mass is 10.1. The van der Waals surface area contributed by atoms with E-state index in [1.165, 1.54) is 14.0 Å². The molecule has 2 amide bonds. The van der Waals surface area contributed by atoms with E-state index in [2.05, 4.69) is 5.32 Å². The van der Waals surface area contributed by atoms with Gasteiger partial charge >= 0.3 is 6.09 Å². The highest BCUT2D eigenvalue weighted by molar-refractivity contribution is 5.91. The average molecular weight is 292 g/mol. The van der Waals surface area contributed by atoms with Crippen LogP contribution < -0.4 is 10.2 Å². The van der Waals surface area contributed by atoms with Crippen LogP contribution in [0.2, 0.25) is 0 Å². The SMILES string of the molecule is COC(=O)N(c1ccc(NC(C)=O)cc1)C1CCOCC1. The van der Waals surface area contributed by atoms with Crippen molar-refractivity contribution in [2.24, 2.45) is 0 Å². The highest BCUT2D eigenvalue weighted by Crippen LogP contribution is 2.25. The highest BCUT2D eigenvalue weighted by Gasteiger charge is 2.27. The summed E-state index contributed by atoms with van der Waals surface area (Å²) in [6.45, 7) is 2.74. The van der Waals surface area contributed by atoms with E-state index < -0.39 is 0 Å². The molecule has 0 saturated carbocycles. The molecule has 0 aromatic heterocycles. The van der Waals surface area contributed by atoms with Gasteiger partial charge in [-0.25, -0.2) is 4.79 Å². The van der Waals surface area contributed by atoms with Crippen LogP contribution in [0, 0.1) is 0 Å². The first-order valence-corrected chi connectivity index (χ1v) is 6.94. The first-order valence-electron chi connectivity index (χ1n) is 6.94. The van der Waals surface area contributed by atoms with E-state index in [1.807, 2.05) is 0 Å². The maximum Gasteiger partial charge on any atom is 0.414 e.